The molecule has 1 N–H and O–H groups in total. The summed E-state index contributed by atoms with van der Waals surface area (Å²) >= 11 is 0. The largest absolute Gasteiger partial charge is 0.370 e. The van der Waals surface area contributed by atoms with Gasteiger partial charge in [-0.15, -0.1) is 0 Å². The van der Waals surface area contributed by atoms with Gasteiger partial charge in [-0.3, -0.25) is 0 Å². The zero-order valence-electron chi connectivity index (χ0n) is 11.6. The fraction of sp³-hybridized carbons (Fsp3) is 0.529. The van der Waals surface area contributed by atoms with Crippen molar-refractivity contribution in [1.82, 2.24) is 5.32 Å². The Bertz CT molecular complexity index is 428. The number of fused-ring (bicyclic) bond motifs is 1. The Morgan fingerprint density at radius 3 is 2.84 bits per heavy atom. The molecule has 1 aromatic rings. The van der Waals surface area contributed by atoms with E-state index in [1.165, 1.54) is 18.4 Å². The topological polar surface area (TPSA) is 24.6 Å². The molecule has 1 aliphatic carbocycles. The maximum Gasteiger partial charge on any atom is 0.0845 e. The fourth-order valence-corrected chi connectivity index (χ4v) is 3.08. The maximum atomic E-state index is 5.62. The Morgan fingerprint density at radius 1 is 1.21 bits per heavy atom. The van der Waals surface area contributed by atoms with Crippen molar-refractivity contribution in [3.8, 4) is 0 Å². The van der Waals surface area contributed by atoms with Crippen LogP contribution in [0.3, 0.4) is 0 Å². The molecule has 0 amide bonds. The van der Waals surface area contributed by atoms with Gasteiger partial charge in [-0.05, 0) is 36.8 Å². The molecule has 0 bridgehead atoms. The van der Waals surface area contributed by atoms with E-state index in [-0.39, 0.29) is 0 Å². The molecule has 2 heteroatoms. The van der Waals surface area contributed by atoms with Crippen molar-refractivity contribution in [2.45, 2.75) is 32.0 Å². The Labute approximate surface area is 115 Å². The van der Waals surface area contributed by atoms with Crippen LogP contribution in [-0.4, -0.2) is 25.3 Å². The van der Waals surface area contributed by atoms with E-state index >= 15 is 0 Å². The van der Waals surface area contributed by atoms with Crippen molar-refractivity contribution >= 4 is 6.08 Å². The minimum absolute atomic E-state index is 0.586. The fourth-order valence-electron chi connectivity index (χ4n) is 3.08. The lowest BCUT2D eigenvalue weighted by Crippen LogP contribution is -2.32. The molecule has 1 aliphatic heterocycles. The monoisotopic (exact) mass is 257 g/mol. The van der Waals surface area contributed by atoms with E-state index in [2.05, 4.69) is 48.7 Å². The molecule has 102 valence electrons. The van der Waals surface area contributed by atoms with Gasteiger partial charge in [-0.1, -0.05) is 49.4 Å². The molecule has 3 rings (SSSR count). The van der Waals surface area contributed by atoms with Crippen molar-refractivity contribution in [3.05, 3.63) is 42.0 Å². The van der Waals surface area contributed by atoms with Gasteiger partial charge in [0.15, 0.2) is 0 Å². The molecule has 1 aromatic carbocycles. The Kier molecular flexibility index (Phi) is 4.00. The van der Waals surface area contributed by atoms with Gasteiger partial charge in [0, 0.05) is 6.54 Å². The highest BCUT2D eigenvalue weighted by atomic mass is 16.6. The number of rotatable bonds is 5. The molecule has 1 heterocycles. The first-order valence-electron chi connectivity index (χ1n) is 7.40. The maximum absolute atomic E-state index is 5.62. The summed E-state index contributed by atoms with van der Waals surface area (Å²) in [7, 11) is 0. The second-order valence-electron chi connectivity index (χ2n) is 5.89. The predicted molar refractivity (Wildman–Crippen MR) is 78.9 cm³/mol. The van der Waals surface area contributed by atoms with Gasteiger partial charge in [0.2, 0.25) is 0 Å². The molecule has 0 radical (unpaired) electrons. The first kappa shape index (κ1) is 12.9. The zero-order valence-corrected chi connectivity index (χ0v) is 11.6. The van der Waals surface area contributed by atoms with Crippen molar-refractivity contribution in [2.75, 3.05) is 13.1 Å². The minimum atomic E-state index is 0.586. The summed E-state index contributed by atoms with van der Waals surface area (Å²) in [5.74, 6) is 1.59. The number of hydrogen-bond donors (Lipinski definition) is 1. The van der Waals surface area contributed by atoms with Crippen LogP contribution in [0.2, 0.25) is 0 Å². The summed E-state index contributed by atoms with van der Waals surface area (Å²) < 4.78 is 5.62. The van der Waals surface area contributed by atoms with Crippen LogP contribution >= 0.6 is 0 Å². The Balaban J connectivity index is 1.37. The van der Waals surface area contributed by atoms with E-state index in [1.54, 1.807) is 0 Å². The SMILES string of the molecule is CC1CC2OC2CC1CNC/C=C/c1ccccc1. The van der Waals surface area contributed by atoms with Gasteiger partial charge in [0.05, 0.1) is 12.2 Å². The molecule has 1 saturated carbocycles. The van der Waals surface area contributed by atoms with Gasteiger partial charge in [-0.25, -0.2) is 0 Å². The van der Waals surface area contributed by atoms with E-state index in [4.69, 9.17) is 4.74 Å². The summed E-state index contributed by atoms with van der Waals surface area (Å²) in [6.07, 6.45) is 8.08. The molecule has 0 aromatic heterocycles. The molecule has 1 saturated heterocycles. The lowest BCUT2D eigenvalue weighted by atomic mass is 9.80. The van der Waals surface area contributed by atoms with Crippen LogP contribution in [0.15, 0.2) is 36.4 Å². The van der Waals surface area contributed by atoms with E-state index in [9.17, 15) is 0 Å². The molecule has 2 aliphatic rings. The molecule has 2 nitrogen and oxygen atoms in total. The number of hydrogen-bond acceptors (Lipinski definition) is 2. The summed E-state index contributed by atoms with van der Waals surface area (Å²) in [5, 5.41) is 3.55. The minimum Gasteiger partial charge on any atom is -0.370 e. The second-order valence-corrected chi connectivity index (χ2v) is 5.89. The van der Waals surface area contributed by atoms with Gasteiger partial charge in [-0.2, -0.15) is 0 Å². The second kappa shape index (κ2) is 5.89. The van der Waals surface area contributed by atoms with Crippen molar-refractivity contribution in [1.29, 1.82) is 0 Å². The first-order chi connectivity index (χ1) is 9.33. The summed E-state index contributed by atoms with van der Waals surface area (Å²) in [6, 6.07) is 10.5. The van der Waals surface area contributed by atoms with Crippen LogP contribution in [0.25, 0.3) is 6.08 Å². The van der Waals surface area contributed by atoms with E-state index in [0.717, 1.165) is 24.9 Å². The van der Waals surface area contributed by atoms with E-state index in [0.29, 0.717) is 12.2 Å². The van der Waals surface area contributed by atoms with Crippen LogP contribution in [0.1, 0.15) is 25.3 Å². The lowest BCUT2D eigenvalue weighted by molar-refractivity contribution is 0.277. The van der Waals surface area contributed by atoms with E-state index < -0.39 is 0 Å². The average molecular weight is 257 g/mol. The van der Waals surface area contributed by atoms with Crippen LogP contribution in [0.4, 0.5) is 0 Å². The van der Waals surface area contributed by atoms with Gasteiger partial charge >= 0.3 is 0 Å². The number of benzene rings is 1. The van der Waals surface area contributed by atoms with Crippen LogP contribution in [0, 0.1) is 11.8 Å². The standard InChI is InChI=1S/C17H23NO/c1-13-10-16-17(19-16)11-15(13)12-18-9-5-8-14-6-3-2-4-7-14/h2-8,13,15-18H,9-12H2,1H3/b8-5+. The molecule has 4 atom stereocenters. The Morgan fingerprint density at radius 2 is 2.00 bits per heavy atom. The van der Waals surface area contributed by atoms with Crippen LogP contribution < -0.4 is 5.32 Å². The normalized spacial score (nSPS) is 33.3. The Hall–Kier alpha value is -1.12. The van der Waals surface area contributed by atoms with E-state index in [1.807, 2.05) is 6.07 Å². The average Bonchev–Trinajstić information content (AvgIpc) is 3.17. The highest BCUT2D eigenvalue weighted by molar-refractivity contribution is 5.48. The summed E-state index contributed by atoms with van der Waals surface area (Å²) in [5.41, 5.74) is 1.27. The van der Waals surface area contributed by atoms with Crippen molar-refractivity contribution in [3.63, 3.8) is 0 Å². The zero-order chi connectivity index (χ0) is 13.1. The molecular weight excluding hydrogens is 234 g/mol. The molecule has 0 spiro atoms. The third-order valence-electron chi connectivity index (χ3n) is 4.41. The van der Waals surface area contributed by atoms with Gasteiger partial charge in [0.1, 0.15) is 0 Å². The molecule has 19 heavy (non-hydrogen) atoms. The third-order valence-corrected chi connectivity index (χ3v) is 4.41. The third kappa shape index (κ3) is 3.46. The summed E-state index contributed by atoms with van der Waals surface area (Å²) in [6.45, 7) is 4.43. The highest BCUT2D eigenvalue weighted by Gasteiger charge is 2.46. The predicted octanol–water partition coefficient (Wildman–Crippen LogP) is 3.10. The number of nitrogens with one attached hydrogen (secondary N) is 1. The molecule has 4 unspecified atom stereocenters. The lowest BCUT2D eigenvalue weighted by Gasteiger charge is -2.26. The smallest absolute Gasteiger partial charge is 0.0845 e. The molecule has 2 fully saturated rings. The quantitative estimate of drug-likeness (QED) is 0.647. The highest BCUT2D eigenvalue weighted by Crippen LogP contribution is 2.42. The molecular formula is C17H23NO. The van der Waals surface area contributed by atoms with Gasteiger partial charge in [0.25, 0.3) is 0 Å². The first-order valence-corrected chi connectivity index (χ1v) is 7.40. The number of epoxide rings is 1. The van der Waals surface area contributed by atoms with Crippen molar-refractivity contribution in [2.24, 2.45) is 11.8 Å². The van der Waals surface area contributed by atoms with Gasteiger partial charge < -0.3 is 10.1 Å². The van der Waals surface area contributed by atoms with Crippen molar-refractivity contribution < 1.29 is 4.74 Å². The number of ether oxygens (including phenoxy) is 1. The summed E-state index contributed by atoms with van der Waals surface area (Å²) in [4.78, 5) is 0. The van der Waals surface area contributed by atoms with Crippen LogP contribution in [-0.2, 0) is 4.74 Å². The van der Waals surface area contributed by atoms with Crippen LogP contribution in [0.5, 0.6) is 0 Å².